The van der Waals surface area contributed by atoms with Crippen molar-refractivity contribution < 1.29 is 14.1 Å². The molecule has 1 aliphatic heterocycles. The Morgan fingerprint density at radius 3 is 2.54 bits per heavy atom. The van der Waals surface area contributed by atoms with Crippen LogP contribution in [0.5, 0.6) is 5.75 Å². The van der Waals surface area contributed by atoms with Crippen molar-refractivity contribution in [2.45, 2.75) is 32.6 Å². The quantitative estimate of drug-likeness (QED) is 0.643. The molecule has 1 aliphatic rings. The van der Waals surface area contributed by atoms with Crippen molar-refractivity contribution in [3.05, 3.63) is 60.0 Å². The van der Waals surface area contributed by atoms with Gasteiger partial charge in [0.05, 0.1) is 12.5 Å². The van der Waals surface area contributed by atoms with Gasteiger partial charge in [-0.05, 0) is 43.2 Å². The van der Waals surface area contributed by atoms with Crippen LogP contribution >= 0.6 is 0 Å². The molecule has 1 aromatic heterocycles. The fourth-order valence-corrected chi connectivity index (χ4v) is 3.42. The zero-order chi connectivity index (χ0) is 19.5. The standard InChI is InChI=1S/C22H23N3O3/c1-3-15-5-7-16(8-6-15)21-23-22(28-24-21)17-13-20(26)25(14-17)18-9-11-19(12-10-18)27-4-2/h5-12,17H,3-4,13-14H2,1-2H3. The number of aryl methyl sites for hydroxylation is 1. The molecule has 1 saturated heterocycles. The molecule has 2 heterocycles. The first kappa shape index (κ1) is 18.2. The van der Waals surface area contributed by atoms with Crippen LogP contribution in [0.15, 0.2) is 53.1 Å². The van der Waals surface area contributed by atoms with Gasteiger partial charge in [0.1, 0.15) is 5.75 Å². The van der Waals surface area contributed by atoms with E-state index >= 15 is 0 Å². The van der Waals surface area contributed by atoms with Crippen LogP contribution < -0.4 is 9.64 Å². The van der Waals surface area contributed by atoms with Crippen molar-refractivity contribution in [2.24, 2.45) is 0 Å². The van der Waals surface area contributed by atoms with Crippen LogP contribution in [0, 0.1) is 0 Å². The Morgan fingerprint density at radius 1 is 1.11 bits per heavy atom. The molecule has 0 bridgehead atoms. The van der Waals surface area contributed by atoms with Gasteiger partial charge in [0.15, 0.2) is 0 Å². The number of hydrogen-bond donors (Lipinski definition) is 0. The third kappa shape index (κ3) is 3.63. The lowest BCUT2D eigenvalue weighted by Crippen LogP contribution is -2.24. The van der Waals surface area contributed by atoms with Gasteiger partial charge in [-0.3, -0.25) is 4.79 Å². The SMILES string of the molecule is CCOc1ccc(N2CC(c3nc(-c4ccc(CC)cc4)no3)CC2=O)cc1. The minimum atomic E-state index is -0.102. The summed E-state index contributed by atoms with van der Waals surface area (Å²) >= 11 is 0. The first-order valence-corrected chi connectivity index (χ1v) is 9.64. The second-order valence-corrected chi connectivity index (χ2v) is 6.84. The topological polar surface area (TPSA) is 68.5 Å². The molecule has 0 aliphatic carbocycles. The van der Waals surface area contributed by atoms with E-state index in [0.29, 0.717) is 31.3 Å². The Kier molecular flexibility index (Phi) is 5.10. The second-order valence-electron chi connectivity index (χ2n) is 6.84. The fraction of sp³-hybridized carbons (Fsp3) is 0.318. The Morgan fingerprint density at radius 2 is 1.86 bits per heavy atom. The average molecular weight is 377 g/mol. The highest BCUT2D eigenvalue weighted by atomic mass is 16.5. The molecule has 6 nitrogen and oxygen atoms in total. The highest BCUT2D eigenvalue weighted by molar-refractivity contribution is 5.96. The van der Waals surface area contributed by atoms with E-state index in [1.807, 2.05) is 43.3 Å². The van der Waals surface area contributed by atoms with Crippen molar-refractivity contribution in [1.29, 1.82) is 0 Å². The first-order valence-electron chi connectivity index (χ1n) is 9.64. The largest absolute Gasteiger partial charge is 0.494 e. The van der Waals surface area contributed by atoms with Crippen LogP contribution in [0.4, 0.5) is 5.69 Å². The molecule has 28 heavy (non-hydrogen) atoms. The van der Waals surface area contributed by atoms with Crippen molar-refractivity contribution in [3.63, 3.8) is 0 Å². The van der Waals surface area contributed by atoms with Gasteiger partial charge in [-0.25, -0.2) is 0 Å². The molecule has 2 aromatic carbocycles. The number of hydrogen-bond acceptors (Lipinski definition) is 5. The molecule has 6 heteroatoms. The zero-order valence-corrected chi connectivity index (χ0v) is 16.1. The third-order valence-electron chi connectivity index (χ3n) is 5.00. The molecular weight excluding hydrogens is 354 g/mol. The third-order valence-corrected chi connectivity index (χ3v) is 5.00. The molecular formula is C22H23N3O3. The number of anilines is 1. The van der Waals surface area contributed by atoms with Crippen LogP contribution in [0.3, 0.4) is 0 Å². The summed E-state index contributed by atoms with van der Waals surface area (Å²) in [6.45, 7) is 5.21. The number of aromatic nitrogens is 2. The number of carbonyl (C=O) groups is 1. The molecule has 0 radical (unpaired) electrons. The van der Waals surface area contributed by atoms with Gasteiger partial charge >= 0.3 is 0 Å². The minimum Gasteiger partial charge on any atom is -0.494 e. The van der Waals surface area contributed by atoms with E-state index in [2.05, 4.69) is 29.2 Å². The van der Waals surface area contributed by atoms with E-state index in [0.717, 1.165) is 23.4 Å². The van der Waals surface area contributed by atoms with Gasteiger partial charge in [-0.15, -0.1) is 0 Å². The molecule has 0 spiro atoms. The van der Waals surface area contributed by atoms with Gasteiger partial charge < -0.3 is 14.2 Å². The summed E-state index contributed by atoms with van der Waals surface area (Å²) in [5.74, 6) is 1.82. The maximum atomic E-state index is 12.5. The predicted octanol–water partition coefficient (Wildman–Crippen LogP) is 4.22. The fourth-order valence-electron chi connectivity index (χ4n) is 3.42. The lowest BCUT2D eigenvalue weighted by Gasteiger charge is -2.16. The van der Waals surface area contributed by atoms with Gasteiger partial charge in [0.25, 0.3) is 0 Å². The Balaban J connectivity index is 1.48. The normalized spacial score (nSPS) is 16.6. The van der Waals surface area contributed by atoms with Gasteiger partial charge in [0.2, 0.25) is 17.6 Å². The van der Waals surface area contributed by atoms with Crippen molar-refractivity contribution in [1.82, 2.24) is 10.1 Å². The molecule has 0 N–H and O–H groups in total. The summed E-state index contributed by atoms with van der Waals surface area (Å²) in [5.41, 5.74) is 3.03. The first-order chi connectivity index (χ1) is 13.7. The van der Waals surface area contributed by atoms with Crippen LogP contribution in [0.1, 0.15) is 37.6 Å². The number of carbonyl (C=O) groups excluding carboxylic acids is 1. The zero-order valence-electron chi connectivity index (χ0n) is 16.1. The minimum absolute atomic E-state index is 0.0567. The molecule has 1 fully saturated rings. The van der Waals surface area contributed by atoms with Crippen LogP contribution in [0.2, 0.25) is 0 Å². The highest BCUT2D eigenvalue weighted by Gasteiger charge is 2.35. The summed E-state index contributed by atoms with van der Waals surface area (Å²) in [7, 11) is 0. The molecule has 1 atom stereocenters. The summed E-state index contributed by atoms with van der Waals surface area (Å²) in [5, 5.41) is 4.11. The number of benzene rings is 2. The number of rotatable bonds is 6. The molecule has 1 unspecified atom stereocenters. The summed E-state index contributed by atoms with van der Waals surface area (Å²) in [6.07, 6.45) is 1.35. The smallest absolute Gasteiger partial charge is 0.232 e. The van der Waals surface area contributed by atoms with Crippen LogP contribution in [-0.2, 0) is 11.2 Å². The summed E-state index contributed by atoms with van der Waals surface area (Å²) in [4.78, 5) is 18.8. The maximum absolute atomic E-state index is 12.5. The molecule has 1 amide bonds. The van der Waals surface area contributed by atoms with Crippen molar-refractivity contribution >= 4 is 11.6 Å². The Labute approximate surface area is 164 Å². The van der Waals surface area contributed by atoms with E-state index in [1.165, 1.54) is 5.56 Å². The maximum Gasteiger partial charge on any atom is 0.232 e. The molecule has 144 valence electrons. The van der Waals surface area contributed by atoms with Crippen LogP contribution in [-0.4, -0.2) is 29.2 Å². The summed E-state index contributed by atoms with van der Waals surface area (Å²) < 4.78 is 10.9. The lowest BCUT2D eigenvalue weighted by atomic mass is 10.1. The monoisotopic (exact) mass is 377 g/mol. The van der Waals surface area contributed by atoms with E-state index in [4.69, 9.17) is 9.26 Å². The lowest BCUT2D eigenvalue weighted by molar-refractivity contribution is -0.117. The van der Waals surface area contributed by atoms with Crippen molar-refractivity contribution in [2.75, 3.05) is 18.1 Å². The average Bonchev–Trinajstić information content (AvgIpc) is 3.36. The van der Waals surface area contributed by atoms with E-state index < -0.39 is 0 Å². The molecule has 3 aromatic rings. The molecule has 4 rings (SSSR count). The number of ether oxygens (including phenoxy) is 1. The Hall–Kier alpha value is -3.15. The van der Waals surface area contributed by atoms with Gasteiger partial charge in [0, 0.05) is 24.2 Å². The van der Waals surface area contributed by atoms with Crippen LogP contribution in [0.25, 0.3) is 11.4 Å². The summed E-state index contributed by atoms with van der Waals surface area (Å²) in [6, 6.07) is 15.7. The van der Waals surface area contributed by atoms with Gasteiger partial charge in [-0.2, -0.15) is 4.98 Å². The predicted molar refractivity (Wildman–Crippen MR) is 106 cm³/mol. The van der Waals surface area contributed by atoms with Gasteiger partial charge in [-0.1, -0.05) is 36.3 Å². The number of amides is 1. The Bertz CT molecular complexity index is 948. The second kappa shape index (κ2) is 7.84. The highest BCUT2D eigenvalue weighted by Crippen LogP contribution is 2.32. The number of nitrogens with zero attached hydrogens (tertiary/aromatic N) is 3. The van der Waals surface area contributed by atoms with E-state index in [9.17, 15) is 4.79 Å². The molecule has 0 saturated carbocycles. The van der Waals surface area contributed by atoms with E-state index in [1.54, 1.807) is 4.90 Å². The van der Waals surface area contributed by atoms with Crippen molar-refractivity contribution in [3.8, 4) is 17.1 Å². The van der Waals surface area contributed by atoms with E-state index in [-0.39, 0.29) is 11.8 Å².